The highest BCUT2D eigenvalue weighted by atomic mass is 35.5. The molecule has 1 aliphatic heterocycles. The number of carbonyl (C=O) groups excluding carboxylic acids is 1. The van der Waals surface area contributed by atoms with E-state index in [2.05, 4.69) is 17.1 Å². The third-order valence-electron chi connectivity index (χ3n) is 4.26. The van der Waals surface area contributed by atoms with Crippen LogP contribution < -0.4 is 5.73 Å². The number of fused-ring (bicyclic) bond motifs is 1. The Labute approximate surface area is 119 Å². The molecule has 2 aliphatic rings. The van der Waals surface area contributed by atoms with Gasteiger partial charge in [0, 0.05) is 23.8 Å². The van der Waals surface area contributed by atoms with Crippen molar-refractivity contribution in [2.24, 2.45) is 11.7 Å². The van der Waals surface area contributed by atoms with Gasteiger partial charge >= 0.3 is 0 Å². The number of aromatic nitrogens is 2. The summed E-state index contributed by atoms with van der Waals surface area (Å²) >= 11 is 0. The predicted molar refractivity (Wildman–Crippen MR) is 75.5 cm³/mol. The number of nitrogens with two attached hydrogens (primary N) is 1. The van der Waals surface area contributed by atoms with Crippen molar-refractivity contribution in [2.75, 3.05) is 13.1 Å². The molecule has 106 valence electrons. The molecule has 3 rings (SSSR count). The summed E-state index contributed by atoms with van der Waals surface area (Å²) < 4.78 is 0. The molecule has 1 aliphatic carbocycles. The highest BCUT2D eigenvalue weighted by Crippen LogP contribution is 2.28. The van der Waals surface area contributed by atoms with E-state index in [4.69, 9.17) is 5.73 Å². The average Bonchev–Trinajstić information content (AvgIpc) is 3.01. The Bertz CT molecular complexity index is 473. The Morgan fingerprint density at radius 2 is 2.32 bits per heavy atom. The lowest BCUT2D eigenvalue weighted by atomic mass is 10.1. The van der Waals surface area contributed by atoms with E-state index >= 15 is 0 Å². The van der Waals surface area contributed by atoms with E-state index in [1.807, 2.05) is 4.90 Å². The molecule has 2 atom stereocenters. The second-order valence-electron chi connectivity index (χ2n) is 5.53. The third kappa shape index (κ3) is 2.37. The Balaban J connectivity index is 0.00000133. The topological polar surface area (TPSA) is 75.0 Å². The van der Waals surface area contributed by atoms with Gasteiger partial charge in [-0.25, -0.2) is 0 Å². The largest absolute Gasteiger partial charge is 0.334 e. The van der Waals surface area contributed by atoms with Crippen molar-refractivity contribution in [1.82, 2.24) is 15.1 Å². The zero-order valence-electron chi connectivity index (χ0n) is 11.2. The number of amides is 1. The minimum Gasteiger partial charge on any atom is -0.334 e. The standard InChI is InChI=1S/C13H20N4O.ClH/c1-8-5-9(6-14)7-17(8)13(18)12-10-3-2-4-11(10)15-16-12;/h8-9H,2-7,14H2,1H3,(H,15,16);1H. The van der Waals surface area contributed by atoms with Crippen molar-refractivity contribution in [3.05, 3.63) is 17.0 Å². The zero-order valence-corrected chi connectivity index (χ0v) is 12.0. The molecule has 5 nitrogen and oxygen atoms in total. The number of aromatic amines is 1. The molecule has 1 saturated heterocycles. The quantitative estimate of drug-likeness (QED) is 0.855. The summed E-state index contributed by atoms with van der Waals surface area (Å²) in [5.41, 5.74) is 8.65. The molecule has 1 fully saturated rings. The molecule has 3 N–H and O–H groups in total. The molecule has 0 spiro atoms. The normalized spacial score (nSPS) is 25.3. The first-order valence-electron chi connectivity index (χ1n) is 6.78. The van der Waals surface area contributed by atoms with Gasteiger partial charge in [-0.1, -0.05) is 0 Å². The monoisotopic (exact) mass is 284 g/mol. The van der Waals surface area contributed by atoms with Crippen LogP contribution in [0.4, 0.5) is 0 Å². The summed E-state index contributed by atoms with van der Waals surface area (Å²) in [6.45, 7) is 3.53. The van der Waals surface area contributed by atoms with Crippen molar-refractivity contribution >= 4 is 18.3 Å². The first-order valence-corrected chi connectivity index (χ1v) is 6.78. The van der Waals surface area contributed by atoms with Crippen molar-refractivity contribution < 1.29 is 4.79 Å². The van der Waals surface area contributed by atoms with Crippen LogP contribution in [0.25, 0.3) is 0 Å². The van der Waals surface area contributed by atoms with E-state index in [1.165, 1.54) is 0 Å². The summed E-state index contributed by atoms with van der Waals surface area (Å²) in [5.74, 6) is 0.522. The molecule has 1 amide bonds. The SMILES string of the molecule is CC1CC(CN)CN1C(=O)c1n[nH]c2c1CCC2.Cl. The fraction of sp³-hybridized carbons (Fsp3) is 0.692. The lowest BCUT2D eigenvalue weighted by molar-refractivity contribution is 0.0736. The van der Waals surface area contributed by atoms with Crippen LogP contribution in [-0.2, 0) is 12.8 Å². The maximum atomic E-state index is 12.5. The van der Waals surface area contributed by atoms with Gasteiger partial charge in [-0.2, -0.15) is 5.10 Å². The van der Waals surface area contributed by atoms with Crippen LogP contribution in [0.15, 0.2) is 0 Å². The second-order valence-corrected chi connectivity index (χ2v) is 5.53. The van der Waals surface area contributed by atoms with Gasteiger partial charge in [0.1, 0.15) is 0 Å². The second kappa shape index (κ2) is 5.51. The molecule has 1 aromatic rings. The number of H-pyrrole nitrogens is 1. The van der Waals surface area contributed by atoms with Gasteiger partial charge in [0.2, 0.25) is 0 Å². The number of likely N-dealkylation sites (tertiary alicyclic amines) is 1. The Morgan fingerprint density at radius 3 is 3.00 bits per heavy atom. The number of hydrogen-bond acceptors (Lipinski definition) is 3. The molecule has 19 heavy (non-hydrogen) atoms. The van der Waals surface area contributed by atoms with Gasteiger partial charge in [-0.3, -0.25) is 9.89 Å². The van der Waals surface area contributed by atoms with Gasteiger partial charge in [0.15, 0.2) is 5.69 Å². The predicted octanol–water partition coefficient (Wildman–Crippen LogP) is 1.13. The molecule has 2 unspecified atom stereocenters. The molecule has 0 radical (unpaired) electrons. The van der Waals surface area contributed by atoms with Crippen molar-refractivity contribution in [1.29, 1.82) is 0 Å². The molecule has 1 aromatic heterocycles. The highest BCUT2D eigenvalue weighted by molar-refractivity contribution is 5.94. The minimum absolute atomic E-state index is 0. The third-order valence-corrected chi connectivity index (χ3v) is 4.26. The van der Waals surface area contributed by atoms with E-state index in [9.17, 15) is 4.79 Å². The summed E-state index contributed by atoms with van der Waals surface area (Å²) in [6.07, 6.45) is 4.14. The van der Waals surface area contributed by atoms with Gasteiger partial charge in [-0.05, 0) is 45.1 Å². The summed E-state index contributed by atoms with van der Waals surface area (Å²) in [5, 5.41) is 7.23. The smallest absolute Gasteiger partial charge is 0.274 e. The first-order chi connectivity index (χ1) is 8.70. The number of nitrogens with one attached hydrogen (secondary N) is 1. The van der Waals surface area contributed by atoms with Gasteiger partial charge in [0.05, 0.1) is 0 Å². The van der Waals surface area contributed by atoms with Crippen LogP contribution in [0.2, 0.25) is 0 Å². The molecular weight excluding hydrogens is 264 g/mol. The van der Waals surface area contributed by atoms with Crippen LogP contribution in [0.3, 0.4) is 0 Å². The lowest BCUT2D eigenvalue weighted by Crippen LogP contribution is -2.35. The van der Waals surface area contributed by atoms with E-state index in [-0.39, 0.29) is 24.4 Å². The van der Waals surface area contributed by atoms with E-state index in [0.717, 1.165) is 43.5 Å². The van der Waals surface area contributed by atoms with Gasteiger partial charge in [-0.15, -0.1) is 12.4 Å². The zero-order chi connectivity index (χ0) is 12.7. The molecule has 0 bridgehead atoms. The van der Waals surface area contributed by atoms with Gasteiger partial charge in [0.25, 0.3) is 5.91 Å². The van der Waals surface area contributed by atoms with Crippen LogP contribution in [0.5, 0.6) is 0 Å². The fourth-order valence-corrected chi connectivity index (χ4v) is 3.23. The van der Waals surface area contributed by atoms with E-state index < -0.39 is 0 Å². The average molecular weight is 285 g/mol. The maximum Gasteiger partial charge on any atom is 0.274 e. The summed E-state index contributed by atoms with van der Waals surface area (Å²) in [7, 11) is 0. The van der Waals surface area contributed by atoms with Crippen LogP contribution in [0.1, 0.15) is 41.5 Å². The van der Waals surface area contributed by atoms with Crippen molar-refractivity contribution in [3.63, 3.8) is 0 Å². The molecule has 0 aromatic carbocycles. The molecule has 0 saturated carbocycles. The minimum atomic E-state index is 0. The Hall–Kier alpha value is -1.07. The fourth-order valence-electron chi connectivity index (χ4n) is 3.23. The maximum absolute atomic E-state index is 12.5. The van der Waals surface area contributed by atoms with Crippen molar-refractivity contribution in [2.45, 2.75) is 38.6 Å². The number of hydrogen-bond donors (Lipinski definition) is 2. The number of nitrogens with zero attached hydrogens (tertiary/aromatic N) is 2. The number of rotatable bonds is 2. The Morgan fingerprint density at radius 1 is 1.53 bits per heavy atom. The van der Waals surface area contributed by atoms with Crippen molar-refractivity contribution in [3.8, 4) is 0 Å². The first kappa shape index (κ1) is 14.3. The number of aryl methyl sites for hydroxylation is 1. The highest BCUT2D eigenvalue weighted by Gasteiger charge is 2.35. The van der Waals surface area contributed by atoms with Crippen LogP contribution in [0, 0.1) is 5.92 Å². The molecule has 6 heteroatoms. The summed E-state index contributed by atoms with van der Waals surface area (Å²) in [6, 6.07) is 0.278. The summed E-state index contributed by atoms with van der Waals surface area (Å²) in [4.78, 5) is 14.5. The van der Waals surface area contributed by atoms with Crippen LogP contribution >= 0.6 is 12.4 Å². The molecular formula is C13H21ClN4O. The van der Waals surface area contributed by atoms with E-state index in [1.54, 1.807) is 0 Å². The molecule has 2 heterocycles. The van der Waals surface area contributed by atoms with Crippen LogP contribution in [-0.4, -0.2) is 40.1 Å². The van der Waals surface area contributed by atoms with Gasteiger partial charge < -0.3 is 10.6 Å². The Kier molecular flexibility index (Phi) is 4.16. The lowest BCUT2D eigenvalue weighted by Gasteiger charge is -2.20. The number of carbonyl (C=O) groups is 1. The number of halogens is 1. The van der Waals surface area contributed by atoms with E-state index in [0.29, 0.717) is 18.2 Å².